The van der Waals surface area contributed by atoms with Crippen molar-refractivity contribution in [1.82, 2.24) is 15.5 Å². The molecule has 0 aromatic rings. The molecule has 2 amide bonds. The van der Waals surface area contributed by atoms with Gasteiger partial charge in [-0.15, -0.1) is 0 Å². The largest absolute Gasteiger partial charge is 0.354 e. The van der Waals surface area contributed by atoms with E-state index in [2.05, 4.69) is 10.6 Å². The van der Waals surface area contributed by atoms with Gasteiger partial charge in [0, 0.05) is 45.1 Å². The molecule has 0 atom stereocenters. The Morgan fingerprint density at radius 3 is 2.39 bits per heavy atom. The monoisotopic (exact) mass is 255 g/mol. The zero-order valence-corrected chi connectivity index (χ0v) is 11.7. The molecule has 1 aliphatic rings. The molecule has 1 rings (SSSR count). The van der Waals surface area contributed by atoms with Crippen LogP contribution in [0, 0.1) is 0 Å². The summed E-state index contributed by atoms with van der Waals surface area (Å²) in [5.74, 6) is 0.253. The van der Waals surface area contributed by atoms with E-state index in [-0.39, 0.29) is 17.9 Å². The molecule has 0 aromatic heterocycles. The minimum Gasteiger partial charge on any atom is -0.354 e. The van der Waals surface area contributed by atoms with Crippen LogP contribution in [0.4, 0.5) is 0 Å². The van der Waals surface area contributed by atoms with Crippen LogP contribution in [-0.2, 0) is 9.59 Å². The summed E-state index contributed by atoms with van der Waals surface area (Å²) in [5.41, 5.74) is 0. The molecule has 2 N–H and O–H groups in total. The van der Waals surface area contributed by atoms with Crippen LogP contribution >= 0.6 is 0 Å². The lowest BCUT2D eigenvalue weighted by Crippen LogP contribution is -2.45. The average molecular weight is 255 g/mol. The van der Waals surface area contributed by atoms with Crippen LogP contribution in [0.3, 0.4) is 0 Å². The SMILES string of the molecule is CC(=O)N1CCC(NCCC(=O)NC(C)C)CC1. The summed E-state index contributed by atoms with van der Waals surface area (Å²) >= 11 is 0. The summed E-state index contributed by atoms with van der Waals surface area (Å²) < 4.78 is 0. The van der Waals surface area contributed by atoms with Gasteiger partial charge in [0.05, 0.1) is 0 Å². The Labute approximate surface area is 109 Å². The number of carbonyl (C=O) groups excluding carboxylic acids is 2. The molecule has 0 spiro atoms. The quantitative estimate of drug-likeness (QED) is 0.752. The van der Waals surface area contributed by atoms with Crippen LogP contribution in [0.15, 0.2) is 0 Å². The van der Waals surface area contributed by atoms with E-state index in [1.54, 1.807) is 6.92 Å². The Kier molecular flexibility index (Phi) is 6.12. The molecule has 0 aromatic carbocycles. The maximum atomic E-state index is 11.4. The van der Waals surface area contributed by atoms with E-state index in [0.29, 0.717) is 19.0 Å². The number of amides is 2. The van der Waals surface area contributed by atoms with E-state index in [1.807, 2.05) is 18.7 Å². The fraction of sp³-hybridized carbons (Fsp3) is 0.846. The fourth-order valence-corrected chi connectivity index (χ4v) is 2.18. The van der Waals surface area contributed by atoms with Crippen molar-refractivity contribution in [1.29, 1.82) is 0 Å². The molecule has 1 fully saturated rings. The highest BCUT2D eigenvalue weighted by atomic mass is 16.2. The van der Waals surface area contributed by atoms with E-state index in [9.17, 15) is 9.59 Å². The van der Waals surface area contributed by atoms with E-state index in [4.69, 9.17) is 0 Å². The smallest absolute Gasteiger partial charge is 0.221 e. The van der Waals surface area contributed by atoms with Crippen molar-refractivity contribution in [3.8, 4) is 0 Å². The number of nitrogens with zero attached hydrogens (tertiary/aromatic N) is 1. The normalized spacial score (nSPS) is 17.0. The highest BCUT2D eigenvalue weighted by molar-refractivity contribution is 5.76. The van der Waals surface area contributed by atoms with Crippen LogP contribution in [-0.4, -0.2) is 48.4 Å². The predicted molar refractivity (Wildman–Crippen MR) is 71.2 cm³/mol. The Morgan fingerprint density at radius 2 is 1.89 bits per heavy atom. The number of nitrogens with one attached hydrogen (secondary N) is 2. The topological polar surface area (TPSA) is 61.4 Å². The average Bonchev–Trinajstić information content (AvgIpc) is 2.28. The van der Waals surface area contributed by atoms with Gasteiger partial charge in [-0.25, -0.2) is 0 Å². The van der Waals surface area contributed by atoms with Gasteiger partial charge >= 0.3 is 0 Å². The Morgan fingerprint density at radius 1 is 1.28 bits per heavy atom. The molecule has 18 heavy (non-hydrogen) atoms. The van der Waals surface area contributed by atoms with Crippen molar-refractivity contribution < 1.29 is 9.59 Å². The van der Waals surface area contributed by atoms with Crippen LogP contribution in [0.5, 0.6) is 0 Å². The second-order valence-electron chi connectivity index (χ2n) is 5.21. The minimum atomic E-state index is 0.0960. The molecule has 0 aliphatic carbocycles. The van der Waals surface area contributed by atoms with Crippen molar-refractivity contribution in [2.45, 2.75) is 52.1 Å². The summed E-state index contributed by atoms with van der Waals surface area (Å²) in [6.45, 7) is 7.90. The van der Waals surface area contributed by atoms with Gasteiger partial charge < -0.3 is 15.5 Å². The maximum Gasteiger partial charge on any atom is 0.221 e. The second-order valence-corrected chi connectivity index (χ2v) is 5.21. The summed E-state index contributed by atoms with van der Waals surface area (Å²) in [4.78, 5) is 24.5. The Balaban J connectivity index is 2.11. The lowest BCUT2D eigenvalue weighted by molar-refractivity contribution is -0.129. The third-order valence-corrected chi connectivity index (χ3v) is 3.18. The van der Waals surface area contributed by atoms with E-state index >= 15 is 0 Å². The highest BCUT2D eigenvalue weighted by Crippen LogP contribution is 2.10. The molecular formula is C13H25N3O2. The van der Waals surface area contributed by atoms with Gasteiger partial charge in [0.2, 0.25) is 11.8 Å². The van der Waals surface area contributed by atoms with Gasteiger partial charge in [0.1, 0.15) is 0 Å². The molecule has 5 nitrogen and oxygen atoms in total. The standard InChI is InChI=1S/C13H25N3O2/c1-10(2)15-13(18)4-7-14-12-5-8-16(9-6-12)11(3)17/h10,12,14H,4-9H2,1-3H3,(H,15,18). The van der Waals surface area contributed by atoms with Crippen LogP contribution in [0.2, 0.25) is 0 Å². The predicted octanol–water partition coefficient (Wildman–Crippen LogP) is 0.502. The first-order valence-electron chi connectivity index (χ1n) is 6.77. The lowest BCUT2D eigenvalue weighted by Gasteiger charge is -2.31. The molecule has 5 heteroatoms. The molecular weight excluding hydrogens is 230 g/mol. The number of carbonyl (C=O) groups is 2. The van der Waals surface area contributed by atoms with Gasteiger partial charge in [-0.3, -0.25) is 9.59 Å². The number of hydrogen-bond donors (Lipinski definition) is 2. The van der Waals surface area contributed by atoms with Crippen molar-refractivity contribution >= 4 is 11.8 Å². The number of likely N-dealkylation sites (tertiary alicyclic amines) is 1. The highest BCUT2D eigenvalue weighted by Gasteiger charge is 2.20. The van der Waals surface area contributed by atoms with Crippen LogP contribution in [0.1, 0.15) is 40.0 Å². The Bertz CT molecular complexity index is 284. The third kappa shape index (κ3) is 5.49. The van der Waals surface area contributed by atoms with Gasteiger partial charge in [-0.05, 0) is 26.7 Å². The molecule has 0 unspecified atom stereocenters. The summed E-state index contributed by atoms with van der Waals surface area (Å²) in [5, 5.41) is 6.26. The van der Waals surface area contributed by atoms with Crippen LogP contribution in [0.25, 0.3) is 0 Å². The van der Waals surface area contributed by atoms with E-state index in [0.717, 1.165) is 25.9 Å². The first kappa shape index (κ1) is 15.0. The van der Waals surface area contributed by atoms with Crippen molar-refractivity contribution in [3.63, 3.8) is 0 Å². The zero-order chi connectivity index (χ0) is 13.5. The minimum absolute atomic E-state index is 0.0960. The summed E-state index contributed by atoms with van der Waals surface area (Å²) in [6.07, 6.45) is 2.47. The van der Waals surface area contributed by atoms with E-state index in [1.165, 1.54) is 0 Å². The molecule has 0 radical (unpaired) electrons. The van der Waals surface area contributed by atoms with Crippen molar-refractivity contribution in [2.24, 2.45) is 0 Å². The van der Waals surface area contributed by atoms with Crippen LogP contribution < -0.4 is 10.6 Å². The first-order chi connectivity index (χ1) is 8.49. The van der Waals surface area contributed by atoms with Gasteiger partial charge in [0.15, 0.2) is 0 Å². The molecule has 0 saturated carbocycles. The second kappa shape index (κ2) is 7.36. The van der Waals surface area contributed by atoms with E-state index < -0.39 is 0 Å². The lowest BCUT2D eigenvalue weighted by atomic mass is 10.0. The third-order valence-electron chi connectivity index (χ3n) is 3.18. The molecule has 0 bridgehead atoms. The zero-order valence-electron chi connectivity index (χ0n) is 11.7. The molecule has 1 aliphatic heterocycles. The fourth-order valence-electron chi connectivity index (χ4n) is 2.18. The van der Waals surface area contributed by atoms with Crippen molar-refractivity contribution in [3.05, 3.63) is 0 Å². The molecule has 1 heterocycles. The number of hydrogen-bond acceptors (Lipinski definition) is 3. The van der Waals surface area contributed by atoms with Gasteiger partial charge in [-0.2, -0.15) is 0 Å². The summed E-state index contributed by atoms with van der Waals surface area (Å²) in [6, 6.07) is 0.642. The Hall–Kier alpha value is -1.10. The maximum absolute atomic E-state index is 11.4. The number of rotatable bonds is 5. The summed E-state index contributed by atoms with van der Waals surface area (Å²) in [7, 11) is 0. The molecule has 1 saturated heterocycles. The van der Waals surface area contributed by atoms with Crippen molar-refractivity contribution in [2.75, 3.05) is 19.6 Å². The van der Waals surface area contributed by atoms with Gasteiger partial charge in [0.25, 0.3) is 0 Å². The molecule has 104 valence electrons. The first-order valence-corrected chi connectivity index (χ1v) is 6.77. The number of piperidine rings is 1. The van der Waals surface area contributed by atoms with Gasteiger partial charge in [-0.1, -0.05) is 0 Å².